The van der Waals surface area contributed by atoms with Gasteiger partial charge in [-0.1, -0.05) is 19.3 Å². The van der Waals surface area contributed by atoms with Crippen LogP contribution in [0.4, 0.5) is 23.1 Å². The second kappa shape index (κ2) is 10.3. The molecule has 6 rings (SSSR count). The van der Waals surface area contributed by atoms with Crippen molar-refractivity contribution >= 4 is 34.2 Å². The molecule has 0 unspecified atom stereocenters. The smallest absolute Gasteiger partial charge is 0.231 e. The Morgan fingerprint density at radius 3 is 2.68 bits per heavy atom. The van der Waals surface area contributed by atoms with Gasteiger partial charge in [0, 0.05) is 44.1 Å². The summed E-state index contributed by atoms with van der Waals surface area (Å²) in [5, 5.41) is 20.0. The molecule has 0 bridgehead atoms. The van der Waals surface area contributed by atoms with Gasteiger partial charge >= 0.3 is 0 Å². The van der Waals surface area contributed by atoms with Crippen LogP contribution in [-0.2, 0) is 11.8 Å². The highest BCUT2D eigenvalue weighted by molar-refractivity contribution is 5.99. The maximum Gasteiger partial charge on any atom is 0.231 e. The summed E-state index contributed by atoms with van der Waals surface area (Å²) >= 11 is 0. The second-order valence-electron chi connectivity index (χ2n) is 9.62. The summed E-state index contributed by atoms with van der Waals surface area (Å²) in [6, 6.07) is 8.47. The van der Waals surface area contributed by atoms with Crippen LogP contribution in [0, 0.1) is 0 Å². The molecule has 0 atom stereocenters. The number of anilines is 4. The molecule has 0 amide bonds. The van der Waals surface area contributed by atoms with E-state index in [9.17, 15) is 0 Å². The van der Waals surface area contributed by atoms with Crippen LogP contribution in [0.5, 0.6) is 5.75 Å². The van der Waals surface area contributed by atoms with E-state index in [-0.39, 0.29) is 0 Å². The molecule has 1 aliphatic carbocycles. The van der Waals surface area contributed by atoms with Crippen molar-refractivity contribution in [3.8, 4) is 17.1 Å². The fourth-order valence-corrected chi connectivity index (χ4v) is 5.24. The number of aromatic amines is 1. The third-order valence-electron chi connectivity index (χ3n) is 7.24. The average Bonchev–Trinajstić information content (AvgIpc) is 3.56. The summed E-state index contributed by atoms with van der Waals surface area (Å²) in [5.41, 5.74) is 4.26. The highest BCUT2D eigenvalue weighted by Gasteiger charge is 2.22. The van der Waals surface area contributed by atoms with Crippen LogP contribution >= 0.6 is 0 Å². The van der Waals surface area contributed by atoms with Gasteiger partial charge in [-0.15, -0.1) is 0 Å². The molecule has 2 aliphatic rings. The molecule has 0 spiro atoms. The van der Waals surface area contributed by atoms with Crippen molar-refractivity contribution in [3.63, 3.8) is 0 Å². The lowest BCUT2D eigenvalue weighted by Crippen LogP contribution is -2.36. The Kier molecular flexibility index (Phi) is 6.52. The molecular weight excluding hydrogens is 470 g/mol. The van der Waals surface area contributed by atoms with E-state index in [2.05, 4.69) is 36.9 Å². The van der Waals surface area contributed by atoms with Crippen molar-refractivity contribution < 1.29 is 9.47 Å². The molecule has 0 radical (unpaired) electrons. The first-order chi connectivity index (χ1) is 18.2. The molecule has 1 saturated carbocycles. The number of rotatable bonds is 7. The summed E-state index contributed by atoms with van der Waals surface area (Å²) in [7, 11) is 3.59. The quantitative estimate of drug-likeness (QED) is 0.343. The summed E-state index contributed by atoms with van der Waals surface area (Å²) in [4.78, 5) is 12.0. The number of benzene rings is 1. The lowest BCUT2D eigenvalue weighted by Gasteiger charge is -2.29. The lowest BCUT2D eigenvalue weighted by atomic mass is 9.95. The fraction of sp³-hybridized carbons (Fsp3) is 0.462. The van der Waals surface area contributed by atoms with E-state index in [0.29, 0.717) is 17.6 Å². The van der Waals surface area contributed by atoms with Gasteiger partial charge in [-0.05, 0) is 31.0 Å². The van der Waals surface area contributed by atoms with Crippen LogP contribution in [0.15, 0.2) is 30.5 Å². The molecule has 4 heterocycles. The number of fused-ring (bicyclic) bond motifs is 1. The predicted molar refractivity (Wildman–Crippen MR) is 144 cm³/mol. The summed E-state index contributed by atoms with van der Waals surface area (Å²) in [6.07, 6.45) is 7.77. The zero-order valence-corrected chi connectivity index (χ0v) is 21.3. The molecule has 1 saturated heterocycles. The molecule has 1 aromatic carbocycles. The zero-order chi connectivity index (χ0) is 25.2. The molecule has 11 heteroatoms. The van der Waals surface area contributed by atoms with E-state index in [0.717, 1.165) is 78.9 Å². The molecule has 3 aromatic heterocycles. The number of morpholine rings is 1. The van der Waals surface area contributed by atoms with Gasteiger partial charge in [-0.2, -0.15) is 20.2 Å². The first kappa shape index (κ1) is 23.5. The Hall–Kier alpha value is -3.86. The first-order valence-electron chi connectivity index (χ1n) is 13.0. The van der Waals surface area contributed by atoms with Crippen LogP contribution in [-0.4, -0.2) is 69.4 Å². The van der Waals surface area contributed by atoms with Gasteiger partial charge in [0.2, 0.25) is 5.95 Å². The van der Waals surface area contributed by atoms with E-state index < -0.39 is 0 Å². The minimum Gasteiger partial charge on any atom is -0.494 e. The highest BCUT2D eigenvalue weighted by atomic mass is 16.5. The standard InChI is InChI=1S/C26H33N9O2/c1-34-20(10-11-27-34)23-22-24(28-17-6-4-3-5-7-17)30-26(31-25(22)33-32-23)29-19-9-8-18(16-21(19)36-2)35-12-14-37-15-13-35/h8-11,16-17H,3-7,12-15H2,1-2H3,(H3,28,29,30,31,32,33). The minimum atomic E-state index is 0.372. The third-order valence-corrected chi connectivity index (χ3v) is 7.24. The van der Waals surface area contributed by atoms with Crippen LogP contribution in [0.25, 0.3) is 22.4 Å². The number of aromatic nitrogens is 6. The van der Waals surface area contributed by atoms with Crippen molar-refractivity contribution in [1.82, 2.24) is 29.9 Å². The Bertz CT molecular complexity index is 1370. The monoisotopic (exact) mass is 503 g/mol. The second-order valence-corrected chi connectivity index (χ2v) is 9.62. The normalized spacial score (nSPS) is 16.8. The van der Waals surface area contributed by atoms with Gasteiger partial charge in [0.1, 0.15) is 17.3 Å². The SMILES string of the molecule is COc1cc(N2CCOCC2)ccc1Nc1nc(NC2CCCCC2)c2c(-c3ccnn3C)n[nH]c2n1. The summed E-state index contributed by atoms with van der Waals surface area (Å²) in [5.74, 6) is 1.98. The molecule has 194 valence electrons. The van der Waals surface area contributed by atoms with Crippen LogP contribution in [0.3, 0.4) is 0 Å². The average molecular weight is 504 g/mol. The number of nitrogens with zero attached hydrogens (tertiary/aromatic N) is 6. The van der Waals surface area contributed by atoms with E-state index >= 15 is 0 Å². The topological polar surface area (TPSA) is 118 Å². The first-order valence-corrected chi connectivity index (χ1v) is 13.0. The van der Waals surface area contributed by atoms with E-state index in [1.165, 1.54) is 19.3 Å². The molecule has 4 aromatic rings. The van der Waals surface area contributed by atoms with Gasteiger partial charge in [0.15, 0.2) is 5.65 Å². The van der Waals surface area contributed by atoms with Crippen molar-refractivity contribution in [1.29, 1.82) is 0 Å². The lowest BCUT2D eigenvalue weighted by molar-refractivity contribution is 0.122. The van der Waals surface area contributed by atoms with E-state index in [1.807, 2.05) is 29.9 Å². The van der Waals surface area contributed by atoms with Crippen LogP contribution < -0.4 is 20.3 Å². The number of nitrogens with one attached hydrogen (secondary N) is 3. The van der Waals surface area contributed by atoms with Crippen molar-refractivity contribution in [2.75, 3.05) is 48.9 Å². The molecule has 3 N–H and O–H groups in total. The van der Waals surface area contributed by atoms with Crippen molar-refractivity contribution in [2.24, 2.45) is 7.05 Å². The van der Waals surface area contributed by atoms with Crippen LogP contribution in [0.2, 0.25) is 0 Å². The zero-order valence-electron chi connectivity index (χ0n) is 21.3. The van der Waals surface area contributed by atoms with Crippen molar-refractivity contribution in [3.05, 3.63) is 30.5 Å². The molecular formula is C26H33N9O2. The maximum atomic E-state index is 5.73. The molecule has 1 aliphatic heterocycles. The Balaban J connectivity index is 1.36. The highest BCUT2D eigenvalue weighted by Crippen LogP contribution is 2.35. The van der Waals surface area contributed by atoms with Gasteiger partial charge in [0.25, 0.3) is 0 Å². The Morgan fingerprint density at radius 2 is 1.92 bits per heavy atom. The number of aryl methyl sites for hydroxylation is 1. The number of methoxy groups -OCH3 is 1. The maximum absolute atomic E-state index is 5.73. The fourth-order valence-electron chi connectivity index (χ4n) is 5.24. The number of H-pyrrole nitrogens is 1. The Morgan fingerprint density at radius 1 is 1.08 bits per heavy atom. The van der Waals surface area contributed by atoms with Gasteiger partial charge < -0.3 is 25.0 Å². The number of ether oxygens (including phenoxy) is 2. The van der Waals surface area contributed by atoms with Gasteiger partial charge in [0.05, 0.1) is 37.1 Å². The van der Waals surface area contributed by atoms with Crippen LogP contribution in [0.1, 0.15) is 32.1 Å². The minimum absolute atomic E-state index is 0.372. The Labute approximate surface area is 215 Å². The van der Waals surface area contributed by atoms with E-state index in [1.54, 1.807) is 13.3 Å². The predicted octanol–water partition coefficient (Wildman–Crippen LogP) is 4.09. The number of hydrogen-bond donors (Lipinski definition) is 3. The summed E-state index contributed by atoms with van der Waals surface area (Å²) < 4.78 is 13.0. The third kappa shape index (κ3) is 4.78. The summed E-state index contributed by atoms with van der Waals surface area (Å²) in [6.45, 7) is 3.20. The molecule has 37 heavy (non-hydrogen) atoms. The largest absolute Gasteiger partial charge is 0.494 e. The van der Waals surface area contributed by atoms with Gasteiger partial charge in [-0.25, -0.2) is 0 Å². The van der Waals surface area contributed by atoms with Crippen molar-refractivity contribution in [2.45, 2.75) is 38.1 Å². The molecule has 11 nitrogen and oxygen atoms in total. The number of hydrogen-bond acceptors (Lipinski definition) is 9. The van der Waals surface area contributed by atoms with Gasteiger partial charge in [-0.3, -0.25) is 9.78 Å². The van der Waals surface area contributed by atoms with E-state index in [4.69, 9.17) is 19.4 Å². The molecule has 2 fully saturated rings.